The molecule has 0 aliphatic heterocycles. The zero-order valence-corrected chi connectivity index (χ0v) is 11.5. The van der Waals surface area contributed by atoms with Crippen LogP contribution in [0, 0.1) is 5.92 Å². The van der Waals surface area contributed by atoms with E-state index in [1.165, 1.54) is 0 Å². The number of rotatable bonds is 9. The highest BCUT2D eigenvalue weighted by molar-refractivity contribution is 7.99. The zero-order valence-electron chi connectivity index (χ0n) is 10.7. The molecule has 16 heavy (non-hydrogen) atoms. The lowest BCUT2D eigenvalue weighted by molar-refractivity contribution is -0.119. The van der Waals surface area contributed by atoms with Gasteiger partial charge in [-0.2, -0.15) is 11.8 Å². The van der Waals surface area contributed by atoms with Gasteiger partial charge in [0, 0.05) is 12.6 Å². The fraction of sp³-hybridized carbons (Fsp3) is 0.917. The summed E-state index contributed by atoms with van der Waals surface area (Å²) in [5, 5.41) is 11.6. The molecule has 0 spiro atoms. The summed E-state index contributed by atoms with van der Waals surface area (Å²) in [6.07, 6.45) is 2.96. The van der Waals surface area contributed by atoms with Crippen LogP contribution in [0.25, 0.3) is 0 Å². The lowest BCUT2D eigenvalue weighted by atomic mass is 10.0. The maximum absolute atomic E-state index is 11.5. The van der Waals surface area contributed by atoms with Gasteiger partial charge in [-0.1, -0.05) is 13.8 Å². The van der Waals surface area contributed by atoms with E-state index in [1.54, 1.807) is 11.8 Å². The number of carbonyl (C=O) groups excluding carboxylic acids is 1. The van der Waals surface area contributed by atoms with Crippen LogP contribution in [0.1, 0.15) is 40.0 Å². The minimum absolute atomic E-state index is 0.110. The Kier molecular flexibility index (Phi) is 9.83. The molecule has 2 N–H and O–H groups in total. The van der Waals surface area contributed by atoms with Crippen LogP contribution < -0.4 is 5.32 Å². The molecule has 3 nitrogen and oxygen atoms in total. The van der Waals surface area contributed by atoms with Gasteiger partial charge in [0.1, 0.15) is 0 Å². The third kappa shape index (κ3) is 10.3. The van der Waals surface area contributed by atoms with Crippen LogP contribution in [0.3, 0.4) is 0 Å². The summed E-state index contributed by atoms with van der Waals surface area (Å²) >= 11 is 1.58. The van der Waals surface area contributed by atoms with Crippen molar-refractivity contribution >= 4 is 17.7 Å². The van der Waals surface area contributed by atoms with E-state index in [0.717, 1.165) is 25.0 Å². The maximum atomic E-state index is 11.5. The number of hydrogen-bond acceptors (Lipinski definition) is 3. The first-order valence-corrected chi connectivity index (χ1v) is 7.19. The van der Waals surface area contributed by atoms with Gasteiger partial charge in [-0.3, -0.25) is 4.79 Å². The maximum Gasteiger partial charge on any atom is 0.230 e. The Morgan fingerprint density at radius 2 is 2.00 bits per heavy atom. The predicted octanol–water partition coefficient (Wildman–Crippen LogP) is 2.04. The van der Waals surface area contributed by atoms with E-state index in [9.17, 15) is 4.79 Å². The SMILES string of the molecule is CC(C)CCC(C)NC(=O)CSCCCO. The summed E-state index contributed by atoms with van der Waals surface area (Å²) in [5.74, 6) is 2.16. The highest BCUT2D eigenvalue weighted by Crippen LogP contribution is 2.07. The van der Waals surface area contributed by atoms with E-state index in [4.69, 9.17) is 5.11 Å². The molecular weight excluding hydrogens is 222 g/mol. The highest BCUT2D eigenvalue weighted by Gasteiger charge is 2.07. The van der Waals surface area contributed by atoms with Crippen molar-refractivity contribution in [1.82, 2.24) is 5.32 Å². The van der Waals surface area contributed by atoms with E-state index < -0.39 is 0 Å². The molecule has 0 rings (SSSR count). The molecule has 0 heterocycles. The number of nitrogens with one attached hydrogen (secondary N) is 1. The number of carbonyl (C=O) groups is 1. The van der Waals surface area contributed by atoms with Crippen LogP contribution in [0.5, 0.6) is 0 Å². The summed E-state index contributed by atoms with van der Waals surface area (Å²) < 4.78 is 0. The summed E-state index contributed by atoms with van der Waals surface area (Å²) in [7, 11) is 0. The molecule has 1 unspecified atom stereocenters. The van der Waals surface area contributed by atoms with Crippen molar-refractivity contribution in [2.24, 2.45) is 5.92 Å². The molecule has 1 atom stereocenters. The summed E-state index contributed by atoms with van der Waals surface area (Å²) in [6, 6.07) is 0.272. The lowest BCUT2D eigenvalue weighted by Crippen LogP contribution is -2.34. The van der Waals surface area contributed by atoms with Crippen molar-refractivity contribution in [2.45, 2.75) is 46.1 Å². The average Bonchev–Trinajstić information content (AvgIpc) is 2.21. The third-order valence-electron chi connectivity index (χ3n) is 2.26. The smallest absolute Gasteiger partial charge is 0.230 e. The molecule has 0 fully saturated rings. The van der Waals surface area contributed by atoms with Crippen molar-refractivity contribution in [2.75, 3.05) is 18.1 Å². The Labute approximate surface area is 103 Å². The van der Waals surface area contributed by atoms with E-state index in [1.807, 2.05) is 0 Å². The van der Waals surface area contributed by atoms with Crippen molar-refractivity contribution < 1.29 is 9.90 Å². The van der Waals surface area contributed by atoms with Crippen LogP contribution >= 0.6 is 11.8 Å². The van der Waals surface area contributed by atoms with Crippen molar-refractivity contribution in [3.63, 3.8) is 0 Å². The molecular formula is C12H25NO2S. The molecule has 96 valence electrons. The molecule has 0 radical (unpaired) electrons. The Morgan fingerprint density at radius 3 is 2.56 bits per heavy atom. The van der Waals surface area contributed by atoms with Crippen molar-refractivity contribution in [1.29, 1.82) is 0 Å². The minimum atomic E-state index is 0.110. The van der Waals surface area contributed by atoms with Crippen LogP contribution in [0.2, 0.25) is 0 Å². The molecule has 4 heteroatoms. The number of amides is 1. The monoisotopic (exact) mass is 247 g/mol. The molecule has 0 aliphatic rings. The van der Waals surface area contributed by atoms with E-state index >= 15 is 0 Å². The van der Waals surface area contributed by atoms with Gasteiger partial charge in [0.25, 0.3) is 0 Å². The Balaban J connectivity index is 3.46. The summed E-state index contributed by atoms with van der Waals surface area (Å²) in [4.78, 5) is 11.5. The van der Waals surface area contributed by atoms with Crippen LogP contribution in [0.15, 0.2) is 0 Å². The van der Waals surface area contributed by atoms with Crippen LogP contribution in [-0.4, -0.2) is 35.2 Å². The standard InChI is InChI=1S/C12H25NO2S/c1-10(2)5-6-11(3)13-12(15)9-16-8-4-7-14/h10-11,14H,4-9H2,1-3H3,(H,13,15). The summed E-state index contributed by atoms with van der Waals surface area (Å²) in [6.45, 7) is 6.65. The zero-order chi connectivity index (χ0) is 12.4. The third-order valence-corrected chi connectivity index (χ3v) is 3.31. The molecule has 0 aromatic heterocycles. The Bertz CT molecular complexity index is 186. The molecule has 1 amide bonds. The second kappa shape index (κ2) is 9.97. The largest absolute Gasteiger partial charge is 0.396 e. The highest BCUT2D eigenvalue weighted by atomic mass is 32.2. The summed E-state index contributed by atoms with van der Waals surface area (Å²) in [5.41, 5.74) is 0. The van der Waals surface area contributed by atoms with Crippen molar-refractivity contribution in [3.8, 4) is 0 Å². The van der Waals surface area contributed by atoms with E-state index in [2.05, 4.69) is 26.1 Å². The Morgan fingerprint density at radius 1 is 1.31 bits per heavy atom. The van der Waals surface area contributed by atoms with Gasteiger partial charge >= 0.3 is 0 Å². The lowest BCUT2D eigenvalue weighted by Gasteiger charge is -2.14. The normalized spacial score (nSPS) is 12.8. The predicted molar refractivity (Wildman–Crippen MR) is 70.7 cm³/mol. The molecule has 0 aliphatic carbocycles. The van der Waals surface area contributed by atoms with Gasteiger partial charge in [0.05, 0.1) is 5.75 Å². The minimum Gasteiger partial charge on any atom is -0.396 e. The van der Waals surface area contributed by atoms with Gasteiger partial charge < -0.3 is 10.4 Å². The fourth-order valence-electron chi connectivity index (χ4n) is 1.30. The van der Waals surface area contributed by atoms with E-state index in [0.29, 0.717) is 11.7 Å². The fourth-order valence-corrected chi connectivity index (χ4v) is 2.05. The van der Waals surface area contributed by atoms with Gasteiger partial charge in [-0.15, -0.1) is 0 Å². The van der Waals surface area contributed by atoms with Gasteiger partial charge in [0.2, 0.25) is 5.91 Å². The van der Waals surface area contributed by atoms with E-state index in [-0.39, 0.29) is 18.6 Å². The van der Waals surface area contributed by atoms with Crippen molar-refractivity contribution in [3.05, 3.63) is 0 Å². The Hall–Kier alpha value is -0.220. The first kappa shape index (κ1) is 15.8. The molecule has 0 aromatic rings. The first-order valence-electron chi connectivity index (χ1n) is 6.04. The molecule has 0 aromatic carbocycles. The quantitative estimate of drug-likeness (QED) is 0.613. The van der Waals surface area contributed by atoms with Crippen LogP contribution in [0.4, 0.5) is 0 Å². The number of aliphatic hydroxyl groups excluding tert-OH is 1. The average molecular weight is 247 g/mol. The number of thioether (sulfide) groups is 1. The number of hydrogen-bond donors (Lipinski definition) is 2. The second-order valence-electron chi connectivity index (χ2n) is 4.57. The number of aliphatic hydroxyl groups is 1. The molecule has 0 saturated carbocycles. The van der Waals surface area contributed by atoms with Gasteiger partial charge in [-0.05, 0) is 37.9 Å². The van der Waals surface area contributed by atoms with Crippen LogP contribution in [-0.2, 0) is 4.79 Å². The molecule has 0 saturated heterocycles. The topological polar surface area (TPSA) is 49.3 Å². The van der Waals surface area contributed by atoms with Gasteiger partial charge in [0.15, 0.2) is 0 Å². The van der Waals surface area contributed by atoms with Gasteiger partial charge in [-0.25, -0.2) is 0 Å². The second-order valence-corrected chi connectivity index (χ2v) is 5.67. The first-order chi connectivity index (χ1) is 7.56. The molecule has 0 bridgehead atoms.